The third-order valence-electron chi connectivity index (χ3n) is 3.11. The molecule has 0 aliphatic carbocycles. The van der Waals surface area contributed by atoms with Crippen molar-refractivity contribution in [1.29, 1.82) is 0 Å². The Labute approximate surface area is 132 Å². The number of hydrogen-bond donors (Lipinski definition) is 1. The van der Waals surface area contributed by atoms with Crippen molar-refractivity contribution in [3.8, 4) is 12.3 Å². The number of hydrogen-bond acceptors (Lipinski definition) is 2. The van der Waals surface area contributed by atoms with Gasteiger partial charge in [-0.05, 0) is 30.0 Å². The molecule has 1 rings (SSSR count). The molecule has 0 aliphatic heterocycles. The Bertz CT molecular complexity index is 587. The van der Waals surface area contributed by atoms with Crippen LogP contribution in [0.1, 0.15) is 54.0 Å². The van der Waals surface area contributed by atoms with Crippen LogP contribution in [0, 0.1) is 24.2 Å². The first-order chi connectivity index (χ1) is 10.3. The van der Waals surface area contributed by atoms with Gasteiger partial charge in [0.25, 0.3) is 5.91 Å². The van der Waals surface area contributed by atoms with Gasteiger partial charge in [0.05, 0.1) is 11.1 Å². The van der Waals surface area contributed by atoms with Crippen LogP contribution in [0.5, 0.6) is 0 Å². The van der Waals surface area contributed by atoms with Crippen molar-refractivity contribution in [2.45, 2.75) is 27.7 Å². The molecule has 4 heteroatoms. The molecule has 0 unspecified atom stereocenters. The summed E-state index contributed by atoms with van der Waals surface area (Å²) in [7, 11) is 0. The fourth-order valence-electron chi connectivity index (χ4n) is 2.29. The number of benzene rings is 1. The Kier molecular flexibility index (Phi) is 6.18. The highest BCUT2D eigenvalue weighted by Crippen LogP contribution is 2.17. The normalized spacial score (nSPS) is 10.6. The second-order valence-corrected chi connectivity index (χ2v) is 6.21. The standard InChI is InChI=1S/C18H23NO3/c1-6-14-7-8-15(16(9-14)18(21)22)17(20)19(10-12(2)3)11-13(4)5/h1,7-9,12-13H,10-11H2,2-5H3,(H,21,22). The lowest BCUT2D eigenvalue weighted by molar-refractivity contribution is 0.0663. The van der Waals surface area contributed by atoms with E-state index in [1.165, 1.54) is 12.1 Å². The molecule has 0 saturated heterocycles. The molecule has 1 amide bonds. The molecule has 0 radical (unpaired) electrons. The van der Waals surface area contributed by atoms with Crippen molar-refractivity contribution in [2.75, 3.05) is 13.1 Å². The lowest BCUT2D eigenvalue weighted by atomic mass is 10.0. The van der Waals surface area contributed by atoms with Crippen LogP contribution in [0.3, 0.4) is 0 Å². The van der Waals surface area contributed by atoms with E-state index in [0.29, 0.717) is 30.5 Å². The van der Waals surface area contributed by atoms with Crippen molar-refractivity contribution in [3.63, 3.8) is 0 Å². The Balaban J connectivity index is 3.23. The van der Waals surface area contributed by atoms with Crippen LogP contribution in [0.2, 0.25) is 0 Å². The topological polar surface area (TPSA) is 57.6 Å². The van der Waals surface area contributed by atoms with E-state index in [1.54, 1.807) is 11.0 Å². The van der Waals surface area contributed by atoms with Crippen molar-refractivity contribution in [3.05, 3.63) is 34.9 Å². The highest BCUT2D eigenvalue weighted by molar-refractivity contribution is 6.05. The Hall–Kier alpha value is -2.28. The molecule has 118 valence electrons. The van der Waals surface area contributed by atoms with Crippen LogP contribution in [-0.2, 0) is 0 Å². The van der Waals surface area contributed by atoms with Gasteiger partial charge in [-0.15, -0.1) is 6.42 Å². The summed E-state index contributed by atoms with van der Waals surface area (Å²) in [6.45, 7) is 9.29. The number of terminal acetylenes is 1. The van der Waals surface area contributed by atoms with Gasteiger partial charge in [0, 0.05) is 18.7 Å². The number of carboxylic acids is 1. The Morgan fingerprint density at radius 1 is 1.14 bits per heavy atom. The monoisotopic (exact) mass is 301 g/mol. The predicted molar refractivity (Wildman–Crippen MR) is 86.9 cm³/mol. The van der Waals surface area contributed by atoms with Crippen LogP contribution < -0.4 is 0 Å². The molecule has 0 heterocycles. The van der Waals surface area contributed by atoms with Crippen molar-refractivity contribution < 1.29 is 14.7 Å². The number of rotatable bonds is 6. The molecular formula is C18H23NO3. The van der Waals surface area contributed by atoms with E-state index in [0.717, 1.165) is 0 Å². The van der Waals surface area contributed by atoms with E-state index >= 15 is 0 Å². The van der Waals surface area contributed by atoms with E-state index in [-0.39, 0.29) is 17.0 Å². The van der Waals surface area contributed by atoms with Gasteiger partial charge in [-0.2, -0.15) is 0 Å². The SMILES string of the molecule is C#Cc1ccc(C(=O)N(CC(C)C)CC(C)C)c(C(=O)O)c1. The average molecular weight is 301 g/mol. The van der Waals surface area contributed by atoms with Gasteiger partial charge in [0.2, 0.25) is 0 Å². The highest BCUT2D eigenvalue weighted by Gasteiger charge is 2.23. The Morgan fingerprint density at radius 3 is 2.09 bits per heavy atom. The second-order valence-electron chi connectivity index (χ2n) is 6.21. The first kappa shape index (κ1) is 17.8. The predicted octanol–water partition coefficient (Wildman–Crippen LogP) is 3.12. The molecule has 1 aromatic carbocycles. The van der Waals surface area contributed by atoms with Gasteiger partial charge < -0.3 is 10.0 Å². The molecule has 1 aromatic rings. The number of amides is 1. The molecule has 0 saturated carbocycles. The molecule has 0 atom stereocenters. The minimum atomic E-state index is -1.14. The summed E-state index contributed by atoms with van der Waals surface area (Å²) in [4.78, 5) is 25.9. The van der Waals surface area contributed by atoms with Crippen LogP contribution in [-0.4, -0.2) is 35.0 Å². The van der Waals surface area contributed by atoms with Gasteiger partial charge in [0.15, 0.2) is 0 Å². The lowest BCUT2D eigenvalue weighted by Gasteiger charge is -2.27. The third kappa shape index (κ3) is 4.63. The summed E-state index contributed by atoms with van der Waals surface area (Å²) in [6.07, 6.45) is 5.30. The van der Waals surface area contributed by atoms with Crippen molar-refractivity contribution in [1.82, 2.24) is 4.90 Å². The van der Waals surface area contributed by atoms with E-state index in [4.69, 9.17) is 6.42 Å². The first-order valence-electron chi connectivity index (χ1n) is 7.39. The van der Waals surface area contributed by atoms with Crippen LogP contribution in [0.4, 0.5) is 0 Å². The molecule has 4 nitrogen and oxygen atoms in total. The Morgan fingerprint density at radius 2 is 1.68 bits per heavy atom. The van der Waals surface area contributed by atoms with Crippen molar-refractivity contribution >= 4 is 11.9 Å². The van der Waals surface area contributed by atoms with Gasteiger partial charge in [-0.1, -0.05) is 33.6 Å². The zero-order valence-electron chi connectivity index (χ0n) is 13.6. The molecular weight excluding hydrogens is 278 g/mol. The number of carboxylic acid groups (broad SMARTS) is 1. The van der Waals surface area contributed by atoms with Crippen LogP contribution in [0.25, 0.3) is 0 Å². The smallest absolute Gasteiger partial charge is 0.336 e. The molecule has 0 aromatic heterocycles. The van der Waals surface area contributed by atoms with E-state index < -0.39 is 5.97 Å². The molecule has 1 N–H and O–H groups in total. The maximum absolute atomic E-state index is 12.8. The first-order valence-corrected chi connectivity index (χ1v) is 7.39. The number of carbonyl (C=O) groups is 2. The minimum Gasteiger partial charge on any atom is -0.478 e. The molecule has 0 spiro atoms. The zero-order chi connectivity index (χ0) is 16.9. The van der Waals surface area contributed by atoms with Crippen molar-refractivity contribution in [2.24, 2.45) is 11.8 Å². The zero-order valence-corrected chi connectivity index (χ0v) is 13.6. The molecule has 0 fully saturated rings. The number of nitrogens with zero attached hydrogens (tertiary/aromatic N) is 1. The van der Waals surface area contributed by atoms with Gasteiger partial charge in [-0.3, -0.25) is 4.79 Å². The fourth-order valence-corrected chi connectivity index (χ4v) is 2.29. The summed E-state index contributed by atoms with van der Waals surface area (Å²) in [5, 5.41) is 9.34. The largest absolute Gasteiger partial charge is 0.478 e. The van der Waals surface area contributed by atoms with E-state index in [2.05, 4.69) is 5.92 Å². The summed E-state index contributed by atoms with van der Waals surface area (Å²) >= 11 is 0. The minimum absolute atomic E-state index is 0.0436. The van der Waals surface area contributed by atoms with E-state index in [9.17, 15) is 14.7 Å². The summed E-state index contributed by atoms with van der Waals surface area (Å²) in [5.74, 6) is 1.60. The molecule has 0 bridgehead atoms. The number of aromatic carboxylic acids is 1. The lowest BCUT2D eigenvalue weighted by Crippen LogP contribution is -2.37. The quantitative estimate of drug-likeness (QED) is 0.821. The molecule has 22 heavy (non-hydrogen) atoms. The summed E-state index contributed by atoms with van der Waals surface area (Å²) < 4.78 is 0. The van der Waals surface area contributed by atoms with Gasteiger partial charge in [0.1, 0.15) is 0 Å². The third-order valence-corrected chi connectivity index (χ3v) is 3.11. The van der Waals surface area contributed by atoms with Gasteiger partial charge >= 0.3 is 5.97 Å². The summed E-state index contributed by atoms with van der Waals surface area (Å²) in [5.41, 5.74) is 0.596. The fraction of sp³-hybridized carbons (Fsp3) is 0.444. The van der Waals surface area contributed by atoms with E-state index in [1.807, 2.05) is 27.7 Å². The molecule has 0 aliphatic rings. The summed E-state index contributed by atoms with van der Waals surface area (Å²) in [6, 6.07) is 4.48. The number of carbonyl (C=O) groups excluding carboxylic acids is 1. The van der Waals surface area contributed by atoms with Crippen LogP contribution >= 0.6 is 0 Å². The van der Waals surface area contributed by atoms with Crippen LogP contribution in [0.15, 0.2) is 18.2 Å². The van der Waals surface area contributed by atoms with Gasteiger partial charge in [-0.25, -0.2) is 4.79 Å². The average Bonchev–Trinajstić information content (AvgIpc) is 2.44. The maximum atomic E-state index is 12.8. The highest BCUT2D eigenvalue weighted by atomic mass is 16.4. The second kappa shape index (κ2) is 7.65. The maximum Gasteiger partial charge on any atom is 0.336 e.